The molecular formula is C22H34N2O. The van der Waals surface area contributed by atoms with E-state index in [4.69, 9.17) is 5.73 Å². The number of primary amides is 1. The van der Waals surface area contributed by atoms with Crippen molar-refractivity contribution in [2.45, 2.75) is 82.6 Å². The number of amides is 1. The second-order valence-corrected chi connectivity index (χ2v) is 8.18. The van der Waals surface area contributed by atoms with Gasteiger partial charge in [-0.3, -0.25) is 4.79 Å². The summed E-state index contributed by atoms with van der Waals surface area (Å²) in [6.45, 7) is 4.75. The van der Waals surface area contributed by atoms with Crippen LogP contribution >= 0.6 is 0 Å². The third kappa shape index (κ3) is 4.25. The Hall–Kier alpha value is -1.35. The van der Waals surface area contributed by atoms with Gasteiger partial charge in [0.25, 0.3) is 0 Å². The first-order chi connectivity index (χ1) is 12.1. The van der Waals surface area contributed by atoms with E-state index in [1.54, 1.807) is 0 Å². The van der Waals surface area contributed by atoms with Crippen LogP contribution in [0.25, 0.3) is 0 Å². The molecule has 1 aromatic carbocycles. The topological polar surface area (TPSA) is 46.3 Å². The average molecular weight is 343 g/mol. The molecule has 0 radical (unpaired) electrons. The third-order valence-electron chi connectivity index (χ3n) is 6.52. The van der Waals surface area contributed by atoms with Gasteiger partial charge in [0.1, 0.15) is 0 Å². The molecule has 138 valence electrons. The summed E-state index contributed by atoms with van der Waals surface area (Å²) >= 11 is 0. The number of unbranched alkanes of at least 4 members (excludes halogenated alkanes) is 4. The predicted octanol–water partition coefficient (Wildman–Crippen LogP) is 4.64. The fraction of sp³-hybridized carbons (Fsp3) is 0.682. The molecule has 2 aliphatic rings. The molecule has 2 atom stereocenters. The smallest absolute Gasteiger partial charge is 0.248 e. The van der Waals surface area contributed by atoms with Crippen LogP contribution in [0.1, 0.15) is 87.1 Å². The minimum atomic E-state index is -0.310. The fourth-order valence-corrected chi connectivity index (χ4v) is 5.03. The Morgan fingerprint density at radius 1 is 1.24 bits per heavy atom. The van der Waals surface area contributed by atoms with Gasteiger partial charge < -0.3 is 10.6 Å². The number of nitrogens with zero attached hydrogens (tertiary/aromatic N) is 1. The molecular weight excluding hydrogens is 308 g/mol. The van der Waals surface area contributed by atoms with E-state index in [1.165, 1.54) is 82.9 Å². The second kappa shape index (κ2) is 8.35. The van der Waals surface area contributed by atoms with Gasteiger partial charge in [0.15, 0.2) is 0 Å². The number of carbonyl (C=O) groups excluding carboxylic acids is 1. The lowest BCUT2D eigenvalue weighted by Gasteiger charge is -2.51. The fourth-order valence-electron chi connectivity index (χ4n) is 5.03. The molecule has 3 nitrogen and oxygen atoms in total. The largest absolute Gasteiger partial charge is 0.366 e. The van der Waals surface area contributed by atoms with Crippen LogP contribution in [-0.2, 0) is 5.41 Å². The first-order valence-electron chi connectivity index (χ1n) is 10.3. The van der Waals surface area contributed by atoms with Crippen molar-refractivity contribution in [2.75, 3.05) is 13.1 Å². The third-order valence-corrected chi connectivity index (χ3v) is 6.52. The first kappa shape index (κ1) is 18.4. The van der Waals surface area contributed by atoms with Gasteiger partial charge in [-0.15, -0.1) is 0 Å². The maximum Gasteiger partial charge on any atom is 0.248 e. The van der Waals surface area contributed by atoms with Crippen molar-refractivity contribution in [1.82, 2.24) is 4.90 Å². The molecule has 1 amide bonds. The lowest BCUT2D eigenvalue weighted by Crippen LogP contribution is -2.51. The monoisotopic (exact) mass is 342 g/mol. The van der Waals surface area contributed by atoms with Gasteiger partial charge in [0.05, 0.1) is 0 Å². The van der Waals surface area contributed by atoms with Crippen LogP contribution < -0.4 is 5.73 Å². The summed E-state index contributed by atoms with van der Waals surface area (Å²) < 4.78 is 0. The maximum absolute atomic E-state index is 11.6. The van der Waals surface area contributed by atoms with E-state index in [1.807, 2.05) is 12.1 Å². The van der Waals surface area contributed by atoms with Gasteiger partial charge in [0.2, 0.25) is 5.91 Å². The molecule has 2 bridgehead atoms. The molecule has 2 N–H and O–H groups in total. The minimum Gasteiger partial charge on any atom is -0.366 e. The Morgan fingerprint density at radius 3 is 2.88 bits per heavy atom. The highest BCUT2D eigenvalue weighted by atomic mass is 16.1. The zero-order chi connectivity index (χ0) is 17.7. The van der Waals surface area contributed by atoms with Gasteiger partial charge in [-0.2, -0.15) is 0 Å². The number of hydrogen-bond acceptors (Lipinski definition) is 2. The van der Waals surface area contributed by atoms with Crippen LogP contribution in [0.5, 0.6) is 0 Å². The van der Waals surface area contributed by atoms with Gasteiger partial charge >= 0.3 is 0 Å². The summed E-state index contributed by atoms with van der Waals surface area (Å²) in [5.41, 5.74) is 7.78. The van der Waals surface area contributed by atoms with Crippen molar-refractivity contribution in [3.8, 4) is 0 Å². The van der Waals surface area contributed by atoms with Gasteiger partial charge in [-0.25, -0.2) is 0 Å². The molecule has 3 rings (SSSR count). The zero-order valence-electron chi connectivity index (χ0n) is 15.8. The number of rotatable bonds is 8. The van der Waals surface area contributed by atoms with Crippen LogP contribution in [-0.4, -0.2) is 29.9 Å². The van der Waals surface area contributed by atoms with Crippen LogP contribution in [0.3, 0.4) is 0 Å². The van der Waals surface area contributed by atoms with Gasteiger partial charge in [-0.05, 0) is 68.3 Å². The zero-order valence-corrected chi connectivity index (χ0v) is 15.8. The maximum atomic E-state index is 11.6. The van der Waals surface area contributed by atoms with E-state index >= 15 is 0 Å². The molecule has 1 saturated heterocycles. The van der Waals surface area contributed by atoms with E-state index in [-0.39, 0.29) is 11.3 Å². The SMILES string of the molecule is CCCCCCCN1CCC2(c3cccc(C(N)=O)c3)CCCC1C2. The first-order valence-corrected chi connectivity index (χ1v) is 10.3. The summed E-state index contributed by atoms with van der Waals surface area (Å²) in [4.78, 5) is 14.3. The Kier molecular flexibility index (Phi) is 6.16. The Balaban J connectivity index is 1.64. The molecule has 1 saturated carbocycles. The van der Waals surface area contributed by atoms with E-state index in [0.29, 0.717) is 5.56 Å². The van der Waals surface area contributed by atoms with E-state index < -0.39 is 0 Å². The van der Waals surface area contributed by atoms with E-state index in [0.717, 1.165) is 6.04 Å². The molecule has 1 heterocycles. The van der Waals surface area contributed by atoms with Crippen LogP contribution in [0.2, 0.25) is 0 Å². The van der Waals surface area contributed by atoms with Crippen LogP contribution in [0.4, 0.5) is 0 Å². The molecule has 0 aromatic heterocycles. The molecule has 1 aromatic rings. The van der Waals surface area contributed by atoms with Crippen LogP contribution in [0.15, 0.2) is 24.3 Å². The van der Waals surface area contributed by atoms with Gasteiger partial charge in [0, 0.05) is 11.6 Å². The standard InChI is InChI=1S/C22H34N2O/c1-2-3-4-5-6-14-24-15-13-22(12-8-11-20(24)17-22)19-10-7-9-18(16-19)21(23)25/h7,9-10,16,20H,2-6,8,11-15,17H2,1H3,(H2,23,25). The Labute approximate surface area is 153 Å². The number of carbonyl (C=O) groups is 1. The highest BCUT2D eigenvalue weighted by Gasteiger charge is 2.43. The molecule has 3 heteroatoms. The summed E-state index contributed by atoms with van der Waals surface area (Å²) in [5.74, 6) is -0.310. The highest BCUT2D eigenvalue weighted by Crippen LogP contribution is 2.47. The van der Waals surface area contributed by atoms with E-state index in [2.05, 4.69) is 24.0 Å². The van der Waals surface area contributed by atoms with Crippen molar-refractivity contribution in [2.24, 2.45) is 5.73 Å². The number of hydrogen-bond donors (Lipinski definition) is 1. The lowest BCUT2D eigenvalue weighted by atomic mass is 9.63. The van der Waals surface area contributed by atoms with Crippen molar-refractivity contribution >= 4 is 5.91 Å². The van der Waals surface area contributed by atoms with Gasteiger partial charge in [-0.1, -0.05) is 51.2 Å². The van der Waals surface area contributed by atoms with E-state index in [9.17, 15) is 4.79 Å². The highest BCUT2D eigenvalue weighted by molar-refractivity contribution is 5.92. The minimum absolute atomic E-state index is 0.271. The summed E-state index contributed by atoms with van der Waals surface area (Å²) in [6, 6.07) is 8.86. The number of fused-ring (bicyclic) bond motifs is 2. The molecule has 2 fully saturated rings. The number of piperidine rings is 1. The molecule has 25 heavy (non-hydrogen) atoms. The summed E-state index contributed by atoms with van der Waals surface area (Å²) in [5, 5.41) is 0. The lowest BCUT2D eigenvalue weighted by molar-refractivity contribution is 0.0503. The summed E-state index contributed by atoms with van der Waals surface area (Å²) in [6.07, 6.45) is 13.2. The summed E-state index contributed by atoms with van der Waals surface area (Å²) in [7, 11) is 0. The number of likely N-dealkylation sites (tertiary alicyclic amines) is 1. The quantitative estimate of drug-likeness (QED) is 0.699. The molecule has 2 unspecified atom stereocenters. The number of nitrogens with two attached hydrogens (primary N) is 1. The van der Waals surface area contributed by atoms with Crippen molar-refractivity contribution in [1.29, 1.82) is 0 Å². The normalized spacial score (nSPS) is 26.5. The second-order valence-electron chi connectivity index (χ2n) is 8.18. The van der Waals surface area contributed by atoms with Crippen LogP contribution in [0, 0.1) is 0 Å². The van der Waals surface area contributed by atoms with Crippen molar-refractivity contribution in [3.05, 3.63) is 35.4 Å². The average Bonchev–Trinajstić information content (AvgIpc) is 2.63. The Morgan fingerprint density at radius 2 is 2.08 bits per heavy atom. The molecule has 1 aliphatic carbocycles. The number of benzene rings is 1. The van der Waals surface area contributed by atoms with Crippen molar-refractivity contribution < 1.29 is 4.79 Å². The molecule has 0 spiro atoms. The predicted molar refractivity (Wildman–Crippen MR) is 104 cm³/mol. The Bertz CT molecular complexity index is 585. The molecule has 1 aliphatic heterocycles. The van der Waals surface area contributed by atoms with Crippen molar-refractivity contribution in [3.63, 3.8) is 0 Å².